The lowest BCUT2D eigenvalue weighted by molar-refractivity contribution is -0.143. The number of aliphatic carboxylic acids is 1. The molecule has 2 aromatic rings. The van der Waals surface area contributed by atoms with Gasteiger partial charge < -0.3 is 19.5 Å². The van der Waals surface area contributed by atoms with Crippen LogP contribution in [0.3, 0.4) is 0 Å². The fraction of sp³-hybridized carbons (Fsp3) is 0.640. The third kappa shape index (κ3) is 5.91. The van der Waals surface area contributed by atoms with Gasteiger partial charge in [0.25, 0.3) is 0 Å². The van der Waals surface area contributed by atoms with Crippen LogP contribution in [0.5, 0.6) is 5.75 Å². The highest BCUT2D eigenvalue weighted by atomic mass is 16.6. The van der Waals surface area contributed by atoms with E-state index in [4.69, 9.17) is 9.47 Å². The molecule has 0 spiro atoms. The SMILES string of the molecule is CCCC1CCN(C(=O)OCc2c(-c3ccc(O[C@H]4CCC[C@H](C(=O)O)C4)c(C)n3)nnn2C)C1. The molecule has 10 nitrogen and oxygen atoms in total. The van der Waals surface area contributed by atoms with Crippen molar-refractivity contribution in [3.8, 4) is 17.1 Å². The largest absolute Gasteiger partial charge is 0.489 e. The van der Waals surface area contributed by atoms with Gasteiger partial charge in [-0.1, -0.05) is 18.6 Å². The van der Waals surface area contributed by atoms with E-state index in [2.05, 4.69) is 22.2 Å². The lowest BCUT2D eigenvalue weighted by Gasteiger charge is -2.27. The second-order valence-electron chi connectivity index (χ2n) is 9.67. The Hall–Kier alpha value is -3.17. The molecule has 10 heteroatoms. The molecular formula is C25H35N5O5. The van der Waals surface area contributed by atoms with Crippen molar-refractivity contribution in [3.05, 3.63) is 23.5 Å². The van der Waals surface area contributed by atoms with Gasteiger partial charge in [-0.05, 0) is 63.5 Å². The van der Waals surface area contributed by atoms with Gasteiger partial charge >= 0.3 is 12.1 Å². The number of carboxylic acid groups (broad SMARTS) is 1. The lowest BCUT2D eigenvalue weighted by atomic mass is 9.87. The number of rotatable bonds is 8. The predicted octanol–water partition coefficient (Wildman–Crippen LogP) is 3.97. The zero-order valence-electron chi connectivity index (χ0n) is 20.8. The minimum atomic E-state index is -0.759. The van der Waals surface area contributed by atoms with Gasteiger partial charge in [0.1, 0.15) is 23.7 Å². The van der Waals surface area contributed by atoms with Crippen molar-refractivity contribution in [3.63, 3.8) is 0 Å². The van der Waals surface area contributed by atoms with Gasteiger partial charge in [0.2, 0.25) is 0 Å². The molecule has 0 aromatic carbocycles. The maximum atomic E-state index is 12.6. The Balaban J connectivity index is 1.40. The van der Waals surface area contributed by atoms with E-state index in [1.807, 2.05) is 19.1 Å². The third-order valence-electron chi connectivity index (χ3n) is 7.07. The highest BCUT2D eigenvalue weighted by Gasteiger charge is 2.29. The summed E-state index contributed by atoms with van der Waals surface area (Å²) in [5, 5.41) is 17.7. The van der Waals surface area contributed by atoms with Crippen LogP contribution in [0.1, 0.15) is 63.3 Å². The quantitative estimate of drug-likeness (QED) is 0.596. The molecule has 4 rings (SSSR count). The van der Waals surface area contributed by atoms with E-state index in [0.29, 0.717) is 47.3 Å². The fourth-order valence-corrected chi connectivity index (χ4v) is 5.06. The number of nitrogens with zero attached hydrogens (tertiary/aromatic N) is 5. The summed E-state index contributed by atoms with van der Waals surface area (Å²) in [6.07, 6.45) is 5.71. The van der Waals surface area contributed by atoms with Gasteiger partial charge in [-0.2, -0.15) is 0 Å². The zero-order chi connectivity index (χ0) is 24.9. The second kappa shape index (κ2) is 11.0. The van der Waals surface area contributed by atoms with Crippen molar-refractivity contribution in [2.75, 3.05) is 13.1 Å². The Morgan fingerprint density at radius 1 is 1.23 bits per heavy atom. The van der Waals surface area contributed by atoms with Crippen LogP contribution in [-0.4, -0.2) is 61.2 Å². The van der Waals surface area contributed by atoms with Gasteiger partial charge in [-0.25, -0.2) is 14.5 Å². The van der Waals surface area contributed by atoms with Crippen LogP contribution in [-0.2, 0) is 23.2 Å². The number of amides is 1. The van der Waals surface area contributed by atoms with Gasteiger partial charge in [0, 0.05) is 20.1 Å². The summed E-state index contributed by atoms with van der Waals surface area (Å²) in [7, 11) is 1.76. The Labute approximate surface area is 205 Å². The van der Waals surface area contributed by atoms with Crippen LogP contribution in [0.4, 0.5) is 4.79 Å². The summed E-state index contributed by atoms with van der Waals surface area (Å²) in [5.41, 5.74) is 2.53. The van der Waals surface area contributed by atoms with Crippen LogP contribution in [0.2, 0.25) is 0 Å². The molecule has 2 aliphatic rings. The Morgan fingerprint density at radius 2 is 2.06 bits per heavy atom. The van der Waals surface area contributed by atoms with Crippen molar-refractivity contribution in [1.82, 2.24) is 24.9 Å². The molecule has 2 fully saturated rings. The molecule has 1 N–H and O–H groups in total. The highest BCUT2D eigenvalue weighted by Crippen LogP contribution is 2.30. The van der Waals surface area contributed by atoms with Crippen LogP contribution in [0.25, 0.3) is 11.4 Å². The Bertz CT molecular complexity index is 1050. The standard InChI is InChI=1S/C25H35N5O5/c1-4-6-17-11-12-30(14-17)25(33)34-15-21-23(27-28-29(21)3)20-9-10-22(16(2)26-20)35-19-8-5-7-18(13-19)24(31)32/h9-10,17-19H,4-8,11-15H2,1-3H3,(H,31,32)/t17?,18-,19-/m0/s1. The number of hydrogen-bond acceptors (Lipinski definition) is 7. The first kappa shape index (κ1) is 24.9. The van der Waals surface area contributed by atoms with Gasteiger partial charge in [-0.15, -0.1) is 5.10 Å². The van der Waals surface area contributed by atoms with Gasteiger partial charge in [-0.3, -0.25) is 4.79 Å². The Morgan fingerprint density at radius 3 is 2.80 bits per heavy atom. The van der Waals surface area contributed by atoms with Crippen LogP contribution in [0, 0.1) is 18.8 Å². The first-order chi connectivity index (χ1) is 16.9. The molecule has 190 valence electrons. The lowest BCUT2D eigenvalue weighted by Crippen LogP contribution is -2.29. The molecule has 1 aliphatic carbocycles. The summed E-state index contributed by atoms with van der Waals surface area (Å²) < 4.78 is 13.3. The van der Waals surface area contributed by atoms with Crippen molar-refractivity contribution >= 4 is 12.1 Å². The summed E-state index contributed by atoms with van der Waals surface area (Å²) >= 11 is 0. The molecule has 2 aromatic heterocycles. The Kier molecular flexibility index (Phi) is 7.87. The second-order valence-corrected chi connectivity index (χ2v) is 9.67. The number of likely N-dealkylation sites (tertiary alicyclic amines) is 1. The molecule has 3 atom stereocenters. The minimum Gasteiger partial charge on any atom is -0.489 e. The topological polar surface area (TPSA) is 120 Å². The average molecular weight is 486 g/mol. The van der Waals surface area contributed by atoms with Gasteiger partial charge in [0.05, 0.1) is 23.4 Å². The molecule has 0 radical (unpaired) electrons. The first-order valence-corrected chi connectivity index (χ1v) is 12.5. The summed E-state index contributed by atoms with van der Waals surface area (Å²) in [6.45, 7) is 5.56. The molecule has 3 heterocycles. The minimum absolute atomic E-state index is 0.0598. The molecule has 35 heavy (non-hydrogen) atoms. The number of ether oxygens (including phenoxy) is 2. The summed E-state index contributed by atoms with van der Waals surface area (Å²) in [5.74, 6) is 0.0736. The number of carboxylic acids is 1. The number of carbonyl (C=O) groups is 2. The van der Waals surface area contributed by atoms with E-state index in [0.717, 1.165) is 45.2 Å². The van der Waals surface area contributed by atoms with Crippen LogP contribution in [0.15, 0.2) is 12.1 Å². The van der Waals surface area contributed by atoms with Crippen LogP contribution < -0.4 is 4.74 Å². The normalized spacial score (nSPS) is 22.3. The first-order valence-electron chi connectivity index (χ1n) is 12.5. The molecule has 1 unspecified atom stereocenters. The number of aromatic nitrogens is 4. The van der Waals surface area contributed by atoms with E-state index < -0.39 is 5.97 Å². The van der Waals surface area contributed by atoms with E-state index in [1.165, 1.54) is 0 Å². The molecule has 1 saturated carbocycles. The highest BCUT2D eigenvalue weighted by molar-refractivity contribution is 5.70. The molecule has 0 bridgehead atoms. The van der Waals surface area contributed by atoms with E-state index in [9.17, 15) is 14.7 Å². The third-order valence-corrected chi connectivity index (χ3v) is 7.07. The molecule has 1 aliphatic heterocycles. The number of hydrogen-bond donors (Lipinski definition) is 1. The maximum Gasteiger partial charge on any atom is 0.410 e. The maximum absolute atomic E-state index is 12.6. The number of pyridine rings is 1. The summed E-state index contributed by atoms with van der Waals surface area (Å²) in [4.78, 5) is 30.4. The van der Waals surface area contributed by atoms with Crippen molar-refractivity contribution in [2.45, 2.75) is 71.5 Å². The predicted molar refractivity (Wildman–Crippen MR) is 128 cm³/mol. The van der Waals surface area contributed by atoms with E-state index >= 15 is 0 Å². The summed E-state index contributed by atoms with van der Waals surface area (Å²) in [6, 6.07) is 3.65. The molecule has 1 saturated heterocycles. The van der Waals surface area contributed by atoms with Crippen molar-refractivity contribution < 1.29 is 24.2 Å². The number of aryl methyl sites for hydroxylation is 2. The fourth-order valence-electron chi connectivity index (χ4n) is 5.06. The average Bonchev–Trinajstić information content (AvgIpc) is 3.46. The molecular weight excluding hydrogens is 450 g/mol. The zero-order valence-corrected chi connectivity index (χ0v) is 20.8. The smallest absolute Gasteiger partial charge is 0.410 e. The van der Waals surface area contributed by atoms with Crippen LogP contribution >= 0.6 is 0 Å². The van der Waals surface area contributed by atoms with Crippen molar-refractivity contribution in [1.29, 1.82) is 0 Å². The molecule has 1 amide bonds. The van der Waals surface area contributed by atoms with Crippen molar-refractivity contribution in [2.24, 2.45) is 18.9 Å². The van der Waals surface area contributed by atoms with E-state index in [-0.39, 0.29) is 24.7 Å². The van der Waals surface area contributed by atoms with Gasteiger partial charge in [0.15, 0.2) is 0 Å². The monoisotopic (exact) mass is 485 g/mol. The van der Waals surface area contributed by atoms with E-state index in [1.54, 1.807) is 16.6 Å². The number of carbonyl (C=O) groups excluding carboxylic acids is 1.